The van der Waals surface area contributed by atoms with Crippen molar-refractivity contribution in [2.24, 2.45) is 0 Å². The summed E-state index contributed by atoms with van der Waals surface area (Å²) in [5, 5.41) is 7.90. The molecule has 4 heterocycles. The molecule has 2 aliphatic heterocycles. The minimum absolute atomic E-state index is 0.298. The summed E-state index contributed by atoms with van der Waals surface area (Å²) in [5.74, 6) is 0.885. The topological polar surface area (TPSA) is 113 Å². The summed E-state index contributed by atoms with van der Waals surface area (Å²) in [6.07, 6.45) is 5.37. The van der Waals surface area contributed by atoms with Crippen LogP contribution in [-0.2, 0) is 22.6 Å². The van der Waals surface area contributed by atoms with Crippen LogP contribution in [0.1, 0.15) is 24.2 Å². The molecule has 6 rings (SSSR count). The molecule has 0 aliphatic carbocycles. The molecule has 2 fully saturated rings. The van der Waals surface area contributed by atoms with Crippen molar-refractivity contribution in [1.82, 2.24) is 30.6 Å². The van der Waals surface area contributed by atoms with Crippen LogP contribution >= 0.6 is 23.2 Å². The summed E-state index contributed by atoms with van der Waals surface area (Å²) in [6, 6.07) is 12.1. The van der Waals surface area contributed by atoms with E-state index in [1.807, 2.05) is 36.4 Å². The van der Waals surface area contributed by atoms with Gasteiger partial charge >= 0.3 is 0 Å². The van der Waals surface area contributed by atoms with Crippen molar-refractivity contribution in [1.29, 1.82) is 0 Å². The molecule has 2 aromatic carbocycles. The van der Waals surface area contributed by atoms with Gasteiger partial charge in [-0.05, 0) is 12.8 Å². The van der Waals surface area contributed by atoms with Crippen molar-refractivity contribution in [3.63, 3.8) is 0 Å². The van der Waals surface area contributed by atoms with Crippen molar-refractivity contribution in [3.8, 4) is 45.4 Å². The standard InChI is InChI=1S/C32H34Cl2N6O4/c1-41-31-27(15-35-19-9-11-43-17-19)37-13-25(39-31)23-7-3-5-21(29(23)33)22-6-4-8-24(30(22)34)26-14-38-28(32(40-26)42-2)16-36-20-10-12-44-18-20/h3-8,13-14,19-20,35-36H,9-12,15-18H2,1-2H3/t19-,20-/m1/s1. The van der Waals surface area contributed by atoms with Crippen LogP contribution in [0.3, 0.4) is 0 Å². The monoisotopic (exact) mass is 636 g/mol. The molecule has 44 heavy (non-hydrogen) atoms. The van der Waals surface area contributed by atoms with Gasteiger partial charge < -0.3 is 29.6 Å². The number of ether oxygens (including phenoxy) is 4. The van der Waals surface area contributed by atoms with Crippen LogP contribution in [0.15, 0.2) is 48.8 Å². The van der Waals surface area contributed by atoms with Crippen LogP contribution in [0.5, 0.6) is 11.8 Å². The van der Waals surface area contributed by atoms with E-state index >= 15 is 0 Å². The number of benzene rings is 2. The summed E-state index contributed by atoms with van der Waals surface area (Å²) in [6.45, 7) is 3.98. The molecular weight excluding hydrogens is 603 g/mol. The number of aromatic nitrogens is 4. The molecule has 230 valence electrons. The molecule has 0 unspecified atom stereocenters. The molecule has 4 aromatic rings. The highest BCUT2D eigenvalue weighted by atomic mass is 35.5. The molecule has 2 aliphatic rings. The van der Waals surface area contributed by atoms with Gasteiger partial charge in [0.25, 0.3) is 0 Å². The SMILES string of the molecule is COc1nc(-c2cccc(-c3cccc(-c4cnc(CN[C@@H]5CCOC5)c(OC)n4)c3Cl)c2Cl)cnc1CN[C@@H]1CCOC1. The van der Waals surface area contributed by atoms with Crippen molar-refractivity contribution in [2.75, 3.05) is 40.6 Å². The maximum atomic E-state index is 7.03. The first-order valence-corrected chi connectivity index (χ1v) is 15.3. The van der Waals surface area contributed by atoms with Gasteiger partial charge in [-0.2, -0.15) is 0 Å². The molecule has 2 N–H and O–H groups in total. The van der Waals surface area contributed by atoms with E-state index in [4.69, 9.17) is 52.1 Å². The first-order chi connectivity index (χ1) is 21.6. The van der Waals surface area contributed by atoms with Crippen molar-refractivity contribution >= 4 is 23.2 Å². The molecule has 0 spiro atoms. The highest BCUT2D eigenvalue weighted by Crippen LogP contribution is 2.42. The van der Waals surface area contributed by atoms with Gasteiger partial charge in [0.1, 0.15) is 11.4 Å². The second-order valence-corrected chi connectivity index (χ2v) is 11.4. The second kappa shape index (κ2) is 14.2. The van der Waals surface area contributed by atoms with E-state index in [-0.39, 0.29) is 0 Å². The van der Waals surface area contributed by atoms with Gasteiger partial charge in [-0.25, -0.2) is 9.97 Å². The average Bonchev–Trinajstić information content (AvgIpc) is 3.78. The van der Waals surface area contributed by atoms with E-state index in [9.17, 15) is 0 Å². The van der Waals surface area contributed by atoms with Crippen LogP contribution in [0.2, 0.25) is 10.0 Å². The minimum atomic E-state index is 0.298. The summed E-state index contributed by atoms with van der Waals surface area (Å²) < 4.78 is 22.1. The summed E-state index contributed by atoms with van der Waals surface area (Å²) >= 11 is 14.1. The molecule has 2 saturated heterocycles. The maximum absolute atomic E-state index is 7.03. The first kappa shape index (κ1) is 30.6. The lowest BCUT2D eigenvalue weighted by Crippen LogP contribution is -2.29. The molecule has 0 saturated carbocycles. The smallest absolute Gasteiger partial charge is 0.237 e. The van der Waals surface area contributed by atoms with Crippen LogP contribution in [0, 0.1) is 0 Å². The molecule has 0 amide bonds. The Kier molecular flexibility index (Phi) is 9.85. The molecule has 0 radical (unpaired) electrons. The molecular formula is C32H34Cl2N6O4. The molecule has 10 nitrogen and oxygen atoms in total. The molecule has 2 aromatic heterocycles. The molecule has 2 atom stereocenters. The molecule has 12 heteroatoms. The fraction of sp³-hybridized carbons (Fsp3) is 0.375. The van der Waals surface area contributed by atoms with E-state index in [0.29, 0.717) is 82.7 Å². The Morgan fingerprint density at radius 1 is 0.705 bits per heavy atom. The predicted octanol–water partition coefficient (Wildman–Crippen LogP) is 5.35. The highest BCUT2D eigenvalue weighted by Gasteiger charge is 2.21. The highest BCUT2D eigenvalue weighted by molar-refractivity contribution is 6.39. The number of nitrogens with one attached hydrogen (secondary N) is 2. The number of nitrogens with zero attached hydrogens (tertiary/aromatic N) is 4. The van der Waals surface area contributed by atoms with Gasteiger partial charge in [-0.3, -0.25) is 9.97 Å². The molecule has 0 bridgehead atoms. The van der Waals surface area contributed by atoms with Crippen LogP contribution in [0.25, 0.3) is 33.6 Å². The summed E-state index contributed by atoms with van der Waals surface area (Å²) in [4.78, 5) is 18.8. The average molecular weight is 638 g/mol. The Labute approximate surface area is 266 Å². The number of methoxy groups -OCH3 is 2. The van der Waals surface area contributed by atoms with E-state index in [0.717, 1.165) is 48.6 Å². The van der Waals surface area contributed by atoms with Gasteiger partial charge in [-0.15, -0.1) is 0 Å². The van der Waals surface area contributed by atoms with Crippen LogP contribution < -0.4 is 20.1 Å². The Morgan fingerprint density at radius 2 is 1.14 bits per heavy atom. The van der Waals surface area contributed by atoms with Gasteiger partial charge in [0.2, 0.25) is 11.8 Å². The number of rotatable bonds is 11. The predicted molar refractivity (Wildman–Crippen MR) is 169 cm³/mol. The fourth-order valence-corrected chi connectivity index (χ4v) is 6.02. The number of hydrogen-bond donors (Lipinski definition) is 2. The summed E-state index contributed by atoms with van der Waals surface area (Å²) in [7, 11) is 3.18. The zero-order valence-electron chi connectivity index (χ0n) is 24.6. The van der Waals surface area contributed by atoms with Crippen molar-refractivity contribution in [3.05, 3.63) is 70.2 Å². The Morgan fingerprint density at radius 3 is 1.52 bits per heavy atom. The number of hydrogen-bond acceptors (Lipinski definition) is 10. The normalized spacial score (nSPS) is 18.1. The van der Waals surface area contributed by atoms with E-state index in [2.05, 4.69) is 20.6 Å². The lowest BCUT2D eigenvalue weighted by Gasteiger charge is -2.16. The zero-order valence-corrected chi connectivity index (χ0v) is 26.1. The lowest BCUT2D eigenvalue weighted by molar-refractivity contribution is 0.189. The van der Waals surface area contributed by atoms with Gasteiger partial charge in [-0.1, -0.05) is 59.6 Å². The van der Waals surface area contributed by atoms with E-state index in [1.165, 1.54) is 0 Å². The maximum Gasteiger partial charge on any atom is 0.237 e. The Hall–Kier alpha value is -3.38. The zero-order chi connectivity index (χ0) is 30.5. The van der Waals surface area contributed by atoms with Gasteiger partial charge in [0.05, 0.1) is 61.3 Å². The number of halogens is 2. The van der Waals surface area contributed by atoms with Crippen molar-refractivity contribution in [2.45, 2.75) is 38.0 Å². The van der Waals surface area contributed by atoms with Gasteiger partial charge in [0, 0.05) is 60.6 Å². The Balaban J connectivity index is 1.27. The Bertz CT molecular complexity index is 1490. The third kappa shape index (κ3) is 6.66. The quantitative estimate of drug-likeness (QED) is 0.223. The first-order valence-electron chi connectivity index (χ1n) is 14.6. The second-order valence-electron chi connectivity index (χ2n) is 10.6. The van der Waals surface area contributed by atoms with E-state index in [1.54, 1.807) is 26.6 Å². The lowest BCUT2D eigenvalue weighted by atomic mass is 9.98. The fourth-order valence-electron chi connectivity index (χ4n) is 5.37. The third-order valence-electron chi connectivity index (χ3n) is 7.83. The summed E-state index contributed by atoms with van der Waals surface area (Å²) in [5.41, 5.74) is 5.56. The van der Waals surface area contributed by atoms with Crippen molar-refractivity contribution < 1.29 is 18.9 Å². The van der Waals surface area contributed by atoms with Crippen LogP contribution in [-0.4, -0.2) is 72.7 Å². The largest absolute Gasteiger partial charge is 0.480 e. The van der Waals surface area contributed by atoms with Crippen LogP contribution in [0.4, 0.5) is 0 Å². The van der Waals surface area contributed by atoms with Gasteiger partial charge in [0.15, 0.2) is 0 Å². The third-order valence-corrected chi connectivity index (χ3v) is 8.64. The van der Waals surface area contributed by atoms with E-state index < -0.39 is 0 Å². The minimum Gasteiger partial charge on any atom is -0.480 e.